The number of halogens is 3. The Kier molecular flexibility index (Phi) is 5.48. The number of hydrogen-bond acceptors (Lipinski definition) is 1. The second kappa shape index (κ2) is 7.14. The number of nitrogens with one attached hydrogen (secondary N) is 1. The Bertz CT molecular complexity index is 628. The molecule has 0 aromatic heterocycles. The van der Waals surface area contributed by atoms with Gasteiger partial charge in [0.1, 0.15) is 11.6 Å². The Hall–Kier alpha value is -1.26. The fourth-order valence-electron chi connectivity index (χ4n) is 2.40. The molecule has 0 saturated carbocycles. The summed E-state index contributed by atoms with van der Waals surface area (Å²) in [5.41, 5.74) is 2.81. The highest BCUT2D eigenvalue weighted by molar-refractivity contribution is 9.10. The van der Waals surface area contributed by atoms with Crippen LogP contribution >= 0.6 is 15.9 Å². The van der Waals surface area contributed by atoms with Crippen LogP contribution in [0.3, 0.4) is 0 Å². The summed E-state index contributed by atoms with van der Waals surface area (Å²) in [6.07, 6.45) is 0.611. The van der Waals surface area contributed by atoms with Gasteiger partial charge in [0, 0.05) is 10.5 Å². The van der Waals surface area contributed by atoms with Gasteiger partial charge in [-0.05, 0) is 66.9 Å². The summed E-state index contributed by atoms with van der Waals surface area (Å²) in [5.74, 6) is -0.517. The zero-order valence-corrected chi connectivity index (χ0v) is 13.7. The molecule has 1 N–H and O–H groups in total. The molecule has 4 heteroatoms. The number of aryl methyl sites for hydroxylation is 1. The molecular weight excluding hydrogens is 336 g/mol. The summed E-state index contributed by atoms with van der Waals surface area (Å²) in [4.78, 5) is 0. The van der Waals surface area contributed by atoms with Crippen molar-refractivity contribution in [1.82, 2.24) is 5.32 Å². The van der Waals surface area contributed by atoms with Gasteiger partial charge in [0.05, 0.1) is 0 Å². The van der Waals surface area contributed by atoms with E-state index in [-0.39, 0.29) is 17.7 Å². The van der Waals surface area contributed by atoms with Crippen LogP contribution in [0.4, 0.5) is 8.78 Å². The van der Waals surface area contributed by atoms with Gasteiger partial charge in [-0.1, -0.05) is 28.9 Å². The lowest BCUT2D eigenvalue weighted by molar-refractivity contribution is 0.537. The number of hydrogen-bond donors (Lipinski definition) is 1. The highest BCUT2D eigenvalue weighted by Crippen LogP contribution is 2.28. The summed E-state index contributed by atoms with van der Waals surface area (Å²) in [6, 6.07) is 9.35. The first-order valence-electron chi connectivity index (χ1n) is 6.94. The third-order valence-electron chi connectivity index (χ3n) is 3.52. The lowest BCUT2D eigenvalue weighted by Gasteiger charge is -2.21. The van der Waals surface area contributed by atoms with Crippen molar-refractivity contribution in [3.8, 4) is 0 Å². The zero-order valence-electron chi connectivity index (χ0n) is 12.1. The van der Waals surface area contributed by atoms with Crippen LogP contribution in [0.5, 0.6) is 0 Å². The number of benzene rings is 2. The quantitative estimate of drug-likeness (QED) is 0.803. The van der Waals surface area contributed by atoms with Crippen LogP contribution in [0.2, 0.25) is 0 Å². The third kappa shape index (κ3) is 4.11. The van der Waals surface area contributed by atoms with Gasteiger partial charge in [-0.2, -0.15) is 0 Å². The van der Waals surface area contributed by atoms with Crippen molar-refractivity contribution in [2.45, 2.75) is 26.3 Å². The first-order chi connectivity index (χ1) is 10.0. The maximum atomic E-state index is 13.5. The lowest BCUT2D eigenvalue weighted by atomic mass is 9.96. The van der Waals surface area contributed by atoms with Crippen LogP contribution in [-0.2, 0) is 6.42 Å². The van der Waals surface area contributed by atoms with E-state index in [2.05, 4.69) is 21.2 Å². The van der Waals surface area contributed by atoms with Crippen LogP contribution < -0.4 is 5.32 Å². The first-order valence-corrected chi connectivity index (χ1v) is 7.74. The van der Waals surface area contributed by atoms with Gasteiger partial charge < -0.3 is 5.32 Å². The average molecular weight is 354 g/mol. The minimum Gasteiger partial charge on any atom is -0.310 e. The molecule has 0 spiro atoms. The van der Waals surface area contributed by atoms with Crippen LogP contribution in [-0.4, -0.2) is 6.54 Å². The van der Waals surface area contributed by atoms with E-state index in [1.165, 1.54) is 18.2 Å². The summed E-state index contributed by atoms with van der Waals surface area (Å²) in [7, 11) is 0. The smallest absolute Gasteiger partial charge is 0.123 e. The molecule has 1 unspecified atom stereocenters. The van der Waals surface area contributed by atoms with Crippen LogP contribution in [0.25, 0.3) is 0 Å². The SMILES string of the molecule is CCNC(Cc1cc(F)ccc1C)c1cc(F)ccc1Br. The van der Waals surface area contributed by atoms with Gasteiger partial charge in [0.2, 0.25) is 0 Å². The van der Waals surface area contributed by atoms with E-state index in [0.29, 0.717) is 6.42 Å². The molecule has 0 aliphatic carbocycles. The fourth-order valence-corrected chi connectivity index (χ4v) is 2.92. The molecular formula is C17H18BrF2N. The second-order valence-corrected chi connectivity index (χ2v) is 5.91. The Morgan fingerprint density at radius 1 is 1.10 bits per heavy atom. The summed E-state index contributed by atoms with van der Waals surface area (Å²) < 4.78 is 27.8. The van der Waals surface area contributed by atoms with Gasteiger partial charge in [-0.3, -0.25) is 0 Å². The Morgan fingerprint density at radius 3 is 2.48 bits per heavy atom. The molecule has 0 aliphatic heterocycles. The van der Waals surface area contributed by atoms with E-state index in [0.717, 1.165) is 27.7 Å². The standard InChI is InChI=1S/C17H18BrF2N/c1-3-21-17(15-10-14(20)6-7-16(15)18)9-12-8-13(19)5-4-11(12)2/h4-8,10,17,21H,3,9H2,1-2H3. The first kappa shape index (κ1) is 16.1. The highest BCUT2D eigenvalue weighted by atomic mass is 79.9. The zero-order chi connectivity index (χ0) is 15.4. The molecule has 21 heavy (non-hydrogen) atoms. The monoisotopic (exact) mass is 353 g/mol. The minimum atomic E-state index is -0.271. The van der Waals surface area contributed by atoms with Gasteiger partial charge in [0.25, 0.3) is 0 Å². The summed E-state index contributed by atoms with van der Waals surface area (Å²) in [6.45, 7) is 4.71. The van der Waals surface area contributed by atoms with Crippen molar-refractivity contribution in [2.24, 2.45) is 0 Å². The molecule has 0 aliphatic rings. The Balaban J connectivity index is 2.35. The van der Waals surface area contributed by atoms with E-state index in [9.17, 15) is 8.78 Å². The molecule has 2 aromatic rings. The average Bonchev–Trinajstić information content (AvgIpc) is 2.45. The Labute approximate surface area is 132 Å². The number of rotatable bonds is 5. The molecule has 0 amide bonds. The van der Waals surface area contributed by atoms with E-state index < -0.39 is 0 Å². The normalized spacial score (nSPS) is 12.4. The third-order valence-corrected chi connectivity index (χ3v) is 4.24. The largest absolute Gasteiger partial charge is 0.310 e. The molecule has 0 fully saturated rings. The molecule has 0 bridgehead atoms. The number of likely N-dealkylation sites (N-methyl/N-ethyl adjacent to an activating group) is 1. The minimum absolute atomic E-state index is 0.0689. The van der Waals surface area contributed by atoms with Gasteiger partial charge in [0.15, 0.2) is 0 Å². The summed E-state index contributed by atoms with van der Waals surface area (Å²) in [5, 5.41) is 3.34. The Morgan fingerprint density at radius 2 is 1.76 bits per heavy atom. The van der Waals surface area contributed by atoms with E-state index in [1.54, 1.807) is 18.2 Å². The second-order valence-electron chi connectivity index (χ2n) is 5.05. The van der Waals surface area contributed by atoms with Crippen LogP contribution in [0.15, 0.2) is 40.9 Å². The van der Waals surface area contributed by atoms with Crippen molar-refractivity contribution in [3.63, 3.8) is 0 Å². The van der Waals surface area contributed by atoms with Gasteiger partial charge in [-0.15, -0.1) is 0 Å². The maximum Gasteiger partial charge on any atom is 0.123 e. The van der Waals surface area contributed by atoms with Crippen molar-refractivity contribution in [2.75, 3.05) is 6.54 Å². The van der Waals surface area contributed by atoms with Crippen molar-refractivity contribution < 1.29 is 8.78 Å². The van der Waals surface area contributed by atoms with Crippen LogP contribution in [0, 0.1) is 18.6 Å². The summed E-state index contributed by atoms with van der Waals surface area (Å²) >= 11 is 3.47. The lowest BCUT2D eigenvalue weighted by Crippen LogP contribution is -2.24. The van der Waals surface area contributed by atoms with E-state index in [1.807, 2.05) is 13.8 Å². The molecule has 1 nitrogen and oxygen atoms in total. The van der Waals surface area contributed by atoms with Gasteiger partial charge >= 0.3 is 0 Å². The van der Waals surface area contributed by atoms with E-state index >= 15 is 0 Å². The predicted molar refractivity (Wildman–Crippen MR) is 85.4 cm³/mol. The molecule has 0 saturated heterocycles. The molecule has 2 aromatic carbocycles. The maximum absolute atomic E-state index is 13.5. The van der Waals surface area contributed by atoms with Gasteiger partial charge in [-0.25, -0.2) is 8.78 Å². The van der Waals surface area contributed by atoms with Crippen molar-refractivity contribution in [1.29, 1.82) is 0 Å². The molecule has 1 atom stereocenters. The van der Waals surface area contributed by atoms with Crippen LogP contribution in [0.1, 0.15) is 29.7 Å². The van der Waals surface area contributed by atoms with Crippen molar-refractivity contribution in [3.05, 3.63) is 69.2 Å². The molecule has 0 heterocycles. The fraction of sp³-hybridized carbons (Fsp3) is 0.294. The predicted octanol–water partition coefficient (Wildman–Crippen LogP) is 4.93. The topological polar surface area (TPSA) is 12.0 Å². The van der Waals surface area contributed by atoms with E-state index in [4.69, 9.17) is 0 Å². The molecule has 2 rings (SSSR count). The highest BCUT2D eigenvalue weighted by Gasteiger charge is 2.16. The van der Waals surface area contributed by atoms with Crippen molar-refractivity contribution >= 4 is 15.9 Å². The molecule has 0 radical (unpaired) electrons. The molecule has 112 valence electrons.